The Morgan fingerprint density at radius 3 is 2.42 bits per heavy atom. The van der Waals surface area contributed by atoms with Gasteiger partial charge in [-0.1, -0.05) is 13.3 Å². The van der Waals surface area contributed by atoms with Gasteiger partial charge in [-0.3, -0.25) is 9.69 Å². The first-order valence-electron chi connectivity index (χ1n) is 8.75. The summed E-state index contributed by atoms with van der Waals surface area (Å²) >= 11 is 0. The maximum absolute atomic E-state index is 12.0. The molecule has 0 radical (unpaired) electrons. The van der Waals surface area contributed by atoms with E-state index >= 15 is 0 Å². The highest BCUT2D eigenvalue weighted by Crippen LogP contribution is 2.18. The fraction of sp³-hybridized carbons (Fsp3) is 0.556. The van der Waals surface area contributed by atoms with Gasteiger partial charge >= 0.3 is 6.03 Å². The van der Waals surface area contributed by atoms with E-state index in [1.165, 1.54) is 32.6 Å². The molecule has 6 heteroatoms. The highest BCUT2D eigenvalue weighted by Gasteiger charge is 2.20. The average Bonchev–Trinajstić information content (AvgIpc) is 2.56. The normalized spacial score (nSPS) is 18.0. The van der Waals surface area contributed by atoms with Crippen LogP contribution in [-0.4, -0.2) is 42.5 Å². The van der Waals surface area contributed by atoms with Crippen LogP contribution in [-0.2, 0) is 4.79 Å². The number of rotatable bonds is 6. The number of amides is 3. The van der Waals surface area contributed by atoms with Crippen molar-refractivity contribution >= 4 is 23.3 Å². The van der Waals surface area contributed by atoms with Crippen LogP contribution in [0, 0.1) is 0 Å². The van der Waals surface area contributed by atoms with E-state index in [4.69, 9.17) is 0 Å². The van der Waals surface area contributed by atoms with E-state index in [0.29, 0.717) is 24.0 Å². The fourth-order valence-electron chi connectivity index (χ4n) is 3.15. The Morgan fingerprint density at radius 2 is 1.79 bits per heavy atom. The number of benzene rings is 1. The molecule has 0 saturated carbocycles. The average molecular weight is 332 g/mol. The fourth-order valence-corrected chi connectivity index (χ4v) is 3.15. The molecule has 132 valence electrons. The number of nitrogens with one attached hydrogen (secondary N) is 3. The van der Waals surface area contributed by atoms with E-state index in [1.807, 2.05) is 0 Å². The Labute approximate surface area is 144 Å². The summed E-state index contributed by atoms with van der Waals surface area (Å²) in [4.78, 5) is 25.4. The quantitative estimate of drug-likeness (QED) is 0.750. The Morgan fingerprint density at radius 1 is 1.12 bits per heavy atom. The van der Waals surface area contributed by atoms with Crippen molar-refractivity contribution in [2.24, 2.45) is 0 Å². The van der Waals surface area contributed by atoms with Crippen LogP contribution in [0.1, 0.15) is 39.5 Å². The Bertz CT molecular complexity index is 544. The third-order valence-electron chi connectivity index (χ3n) is 4.37. The summed E-state index contributed by atoms with van der Waals surface area (Å²) in [5.74, 6) is -0.114. The Balaban J connectivity index is 1.72. The number of urea groups is 1. The van der Waals surface area contributed by atoms with Crippen molar-refractivity contribution in [2.75, 3.05) is 30.3 Å². The molecular weight excluding hydrogens is 304 g/mol. The van der Waals surface area contributed by atoms with Gasteiger partial charge in [0.15, 0.2) is 0 Å². The summed E-state index contributed by atoms with van der Waals surface area (Å²) in [6.45, 7) is 6.37. The lowest BCUT2D eigenvalue weighted by atomic mass is 10.0. The van der Waals surface area contributed by atoms with Gasteiger partial charge in [0.2, 0.25) is 5.91 Å². The number of carbonyl (C=O) groups is 2. The summed E-state index contributed by atoms with van der Waals surface area (Å²) in [5, 5.41) is 8.41. The maximum Gasteiger partial charge on any atom is 0.319 e. The predicted octanol–water partition coefficient (Wildman–Crippen LogP) is 3.03. The van der Waals surface area contributed by atoms with Crippen molar-refractivity contribution in [2.45, 2.75) is 45.6 Å². The van der Waals surface area contributed by atoms with Gasteiger partial charge < -0.3 is 16.0 Å². The minimum Gasteiger partial charge on any atom is -0.337 e. The van der Waals surface area contributed by atoms with E-state index in [2.05, 4.69) is 27.8 Å². The van der Waals surface area contributed by atoms with Crippen LogP contribution in [0.3, 0.4) is 0 Å². The van der Waals surface area contributed by atoms with E-state index < -0.39 is 0 Å². The molecule has 0 bridgehead atoms. The van der Waals surface area contributed by atoms with Crippen molar-refractivity contribution in [1.29, 1.82) is 0 Å². The molecule has 1 fully saturated rings. The van der Waals surface area contributed by atoms with Gasteiger partial charge in [0.25, 0.3) is 0 Å². The largest absolute Gasteiger partial charge is 0.337 e. The monoisotopic (exact) mass is 332 g/mol. The van der Waals surface area contributed by atoms with Crippen LogP contribution in [0.4, 0.5) is 16.2 Å². The predicted molar refractivity (Wildman–Crippen MR) is 97.3 cm³/mol. The number of carbonyl (C=O) groups excluding carboxylic acids is 2. The van der Waals surface area contributed by atoms with Crippen LogP contribution in [0.15, 0.2) is 24.3 Å². The van der Waals surface area contributed by atoms with Crippen molar-refractivity contribution in [3.8, 4) is 0 Å². The molecule has 1 saturated heterocycles. The Kier molecular flexibility index (Phi) is 7.06. The van der Waals surface area contributed by atoms with Gasteiger partial charge in [0.1, 0.15) is 0 Å². The molecule has 0 aliphatic carbocycles. The molecule has 6 nitrogen and oxygen atoms in total. The number of hydrogen-bond acceptors (Lipinski definition) is 3. The van der Waals surface area contributed by atoms with Gasteiger partial charge in [-0.15, -0.1) is 0 Å². The number of anilines is 2. The lowest BCUT2D eigenvalue weighted by Crippen LogP contribution is -2.44. The van der Waals surface area contributed by atoms with Crippen LogP contribution in [0.5, 0.6) is 0 Å². The van der Waals surface area contributed by atoms with E-state index in [9.17, 15) is 9.59 Å². The van der Waals surface area contributed by atoms with Crippen LogP contribution in [0.2, 0.25) is 0 Å². The summed E-state index contributed by atoms with van der Waals surface area (Å²) in [7, 11) is 0. The number of nitrogens with zero attached hydrogens (tertiary/aromatic N) is 1. The van der Waals surface area contributed by atoms with E-state index in [1.54, 1.807) is 24.3 Å². The molecule has 24 heavy (non-hydrogen) atoms. The summed E-state index contributed by atoms with van der Waals surface area (Å²) in [6, 6.07) is 7.51. The van der Waals surface area contributed by atoms with Gasteiger partial charge in [-0.2, -0.15) is 0 Å². The van der Waals surface area contributed by atoms with Crippen molar-refractivity contribution in [3.63, 3.8) is 0 Å². The van der Waals surface area contributed by atoms with Crippen LogP contribution in [0.25, 0.3) is 0 Å². The molecule has 1 unspecified atom stereocenters. The third-order valence-corrected chi connectivity index (χ3v) is 4.37. The molecular formula is C18H28N4O2. The highest BCUT2D eigenvalue weighted by molar-refractivity contribution is 5.91. The number of piperidine rings is 1. The second kappa shape index (κ2) is 9.27. The molecule has 1 aliphatic heterocycles. The minimum atomic E-state index is -0.202. The summed E-state index contributed by atoms with van der Waals surface area (Å²) in [5.41, 5.74) is 1.41. The molecule has 1 aliphatic rings. The second-order valence-electron chi connectivity index (χ2n) is 6.23. The standard InChI is InChI=1S/C18H28N4O2/c1-3-17-6-4-5-12-22(17)13-11-19-18(24)21-16-9-7-15(8-10-16)20-14(2)23/h7-10,17H,3-6,11-13H2,1-2H3,(H,20,23)(H2,19,21,24). The van der Waals surface area contributed by atoms with Gasteiger partial charge in [-0.05, 0) is 50.1 Å². The lowest BCUT2D eigenvalue weighted by Gasteiger charge is -2.35. The lowest BCUT2D eigenvalue weighted by molar-refractivity contribution is -0.114. The molecule has 0 spiro atoms. The first kappa shape index (κ1) is 18.3. The highest BCUT2D eigenvalue weighted by atomic mass is 16.2. The van der Waals surface area contributed by atoms with Crippen molar-refractivity contribution in [3.05, 3.63) is 24.3 Å². The smallest absolute Gasteiger partial charge is 0.319 e. The van der Waals surface area contributed by atoms with E-state index in [-0.39, 0.29) is 11.9 Å². The zero-order chi connectivity index (χ0) is 17.4. The zero-order valence-corrected chi connectivity index (χ0v) is 14.6. The molecule has 0 aromatic heterocycles. The Hall–Kier alpha value is -2.08. The maximum atomic E-state index is 12.0. The summed E-state index contributed by atoms with van der Waals surface area (Å²) < 4.78 is 0. The third kappa shape index (κ3) is 5.85. The number of likely N-dealkylation sites (tertiary alicyclic amines) is 1. The molecule has 3 amide bonds. The van der Waals surface area contributed by atoms with Gasteiger partial charge in [0, 0.05) is 37.4 Å². The first-order chi connectivity index (χ1) is 11.6. The number of hydrogen-bond donors (Lipinski definition) is 3. The van der Waals surface area contributed by atoms with Crippen molar-refractivity contribution < 1.29 is 9.59 Å². The second-order valence-corrected chi connectivity index (χ2v) is 6.23. The molecule has 3 N–H and O–H groups in total. The van der Waals surface area contributed by atoms with Crippen molar-refractivity contribution in [1.82, 2.24) is 10.2 Å². The van der Waals surface area contributed by atoms with Crippen LogP contribution >= 0.6 is 0 Å². The van der Waals surface area contributed by atoms with Gasteiger partial charge in [-0.25, -0.2) is 4.79 Å². The molecule has 1 atom stereocenters. The summed E-state index contributed by atoms with van der Waals surface area (Å²) in [6.07, 6.45) is 5.01. The zero-order valence-electron chi connectivity index (χ0n) is 14.6. The SMILES string of the molecule is CCC1CCCCN1CCNC(=O)Nc1ccc(NC(C)=O)cc1. The minimum absolute atomic E-state index is 0.114. The molecule has 1 heterocycles. The topological polar surface area (TPSA) is 73.5 Å². The first-order valence-corrected chi connectivity index (χ1v) is 8.75. The van der Waals surface area contributed by atoms with Gasteiger partial charge in [0.05, 0.1) is 0 Å². The molecule has 1 aromatic carbocycles. The molecule has 1 aromatic rings. The van der Waals surface area contributed by atoms with E-state index in [0.717, 1.165) is 13.1 Å². The van der Waals surface area contributed by atoms with Crippen LogP contribution < -0.4 is 16.0 Å². The molecule has 2 rings (SSSR count).